The van der Waals surface area contributed by atoms with Crippen LogP contribution in [0.3, 0.4) is 0 Å². The standard InChI is InChI=1S/C17H15FN2O3/c1-11-9-12(2)20(19-11)17(21)16-8-7-15(23-16)10-22-14-5-3-13(18)4-6-14/h3-9H,10H2,1-2H3. The predicted octanol–water partition coefficient (Wildman–Crippen LogP) is 3.50. The third-order valence-corrected chi connectivity index (χ3v) is 3.27. The van der Waals surface area contributed by atoms with Crippen molar-refractivity contribution in [1.29, 1.82) is 0 Å². The van der Waals surface area contributed by atoms with Crippen molar-refractivity contribution in [3.63, 3.8) is 0 Å². The Kier molecular flexibility index (Phi) is 3.97. The largest absolute Gasteiger partial charge is 0.486 e. The first kappa shape index (κ1) is 15.0. The maximum absolute atomic E-state index is 12.8. The van der Waals surface area contributed by atoms with E-state index in [0.717, 1.165) is 11.4 Å². The lowest BCUT2D eigenvalue weighted by Gasteiger charge is -2.03. The summed E-state index contributed by atoms with van der Waals surface area (Å²) in [6, 6.07) is 10.8. The highest BCUT2D eigenvalue weighted by Gasteiger charge is 2.16. The van der Waals surface area contributed by atoms with E-state index in [1.54, 1.807) is 19.1 Å². The van der Waals surface area contributed by atoms with Gasteiger partial charge in [-0.2, -0.15) is 9.78 Å². The Hall–Kier alpha value is -2.89. The van der Waals surface area contributed by atoms with Crippen LogP contribution in [0.15, 0.2) is 46.9 Å². The van der Waals surface area contributed by atoms with Crippen LogP contribution in [0.4, 0.5) is 4.39 Å². The first-order valence-corrected chi connectivity index (χ1v) is 7.08. The van der Waals surface area contributed by atoms with Crippen molar-refractivity contribution >= 4 is 5.91 Å². The van der Waals surface area contributed by atoms with Gasteiger partial charge in [0.1, 0.15) is 23.9 Å². The second kappa shape index (κ2) is 6.08. The van der Waals surface area contributed by atoms with E-state index < -0.39 is 0 Å². The van der Waals surface area contributed by atoms with E-state index in [2.05, 4.69) is 5.10 Å². The molecule has 0 aliphatic carbocycles. The van der Waals surface area contributed by atoms with E-state index in [0.29, 0.717) is 11.5 Å². The number of ether oxygens (including phenoxy) is 1. The van der Waals surface area contributed by atoms with Crippen LogP contribution in [0.5, 0.6) is 5.75 Å². The summed E-state index contributed by atoms with van der Waals surface area (Å²) in [4.78, 5) is 12.3. The first-order chi connectivity index (χ1) is 11.0. The molecule has 0 aliphatic rings. The van der Waals surface area contributed by atoms with Crippen LogP contribution in [-0.4, -0.2) is 15.7 Å². The van der Waals surface area contributed by atoms with Crippen molar-refractivity contribution in [1.82, 2.24) is 9.78 Å². The monoisotopic (exact) mass is 314 g/mol. The van der Waals surface area contributed by atoms with Crippen molar-refractivity contribution < 1.29 is 18.3 Å². The van der Waals surface area contributed by atoms with E-state index in [1.165, 1.54) is 28.9 Å². The minimum atomic E-state index is -0.330. The molecule has 0 atom stereocenters. The number of furan rings is 1. The van der Waals surface area contributed by atoms with E-state index >= 15 is 0 Å². The van der Waals surface area contributed by atoms with Crippen LogP contribution >= 0.6 is 0 Å². The van der Waals surface area contributed by atoms with Crippen LogP contribution in [0, 0.1) is 19.7 Å². The SMILES string of the molecule is Cc1cc(C)n(C(=O)c2ccc(COc3ccc(F)cc3)o2)n1. The van der Waals surface area contributed by atoms with E-state index in [-0.39, 0.29) is 24.1 Å². The van der Waals surface area contributed by atoms with Crippen LogP contribution in [0.2, 0.25) is 0 Å². The fourth-order valence-corrected chi connectivity index (χ4v) is 2.19. The first-order valence-electron chi connectivity index (χ1n) is 7.08. The zero-order valence-corrected chi connectivity index (χ0v) is 12.7. The topological polar surface area (TPSA) is 57.3 Å². The molecule has 0 saturated carbocycles. The molecule has 118 valence electrons. The molecule has 3 rings (SSSR count). The maximum Gasteiger partial charge on any atom is 0.314 e. The fraction of sp³-hybridized carbons (Fsp3) is 0.176. The van der Waals surface area contributed by atoms with Gasteiger partial charge < -0.3 is 9.15 Å². The van der Waals surface area contributed by atoms with Gasteiger partial charge in [0, 0.05) is 5.69 Å². The van der Waals surface area contributed by atoms with E-state index in [9.17, 15) is 9.18 Å². The third kappa shape index (κ3) is 3.31. The van der Waals surface area contributed by atoms with Crippen LogP contribution in [0.1, 0.15) is 27.7 Å². The lowest BCUT2D eigenvalue weighted by Crippen LogP contribution is -2.14. The average Bonchev–Trinajstić information content (AvgIpc) is 3.12. The molecule has 0 saturated heterocycles. The van der Waals surface area contributed by atoms with Crippen molar-refractivity contribution in [2.75, 3.05) is 0 Å². The van der Waals surface area contributed by atoms with Gasteiger partial charge in [0.05, 0.1) is 5.69 Å². The maximum atomic E-state index is 12.8. The quantitative estimate of drug-likeness (QED) is 0.739. The summed E-state index contributed by atoms with van der Waals surface area (Å²) in [5, 5.41) is 4.14. The number of nitrogens with zero attached hydrogens (tertiary/aromatic N) is 2. The third-order valence-electron chi connectivity index (χ3n) is 3.27. The van der Waals surface area contributed by atoms with E-state index in [1.807, 2.05) is 13.0 Å². The Bertz CT molecular complexity index is 834. The van der Waals surface area contributed by atoms with Crippen LogP contribution in [0.25, 0.3) is 0 Å². The lowest BCUT2D eigenvalue weighted by atomic mass is 10.3. The van der Waals surface area contributed by atoms with Crippen molar-refractivity contribution in [2.45, 2.75) is 20.5 Å². The van der Waals surface area contributed by atoms with Gasteiger partial charge >= 0.3 is 5.91 Å². The minimum absolute atomic E-state index is 0.149. The average molecular weight is 314 g/mol. The molecule has 2 heterocycles. The summed E-state index contributed by atoms with van der Waals surface area (Å²) in [5.74, 6) is 0.555. The van der Waals surface area contributed by atoms with Gasteiger partial charge in [-0.15, -0.1) is 0 Å². The Morgan fingerprint density at radius 1 is 1.22 bits per heavy atom. The number of hydrogen-bond acceptors (Lipinski definition) is 4. The Balaban J connectivity index is 1.69. The molecule has 0 amide bonds. The summed E-state index contributed by atoms with van der Waals surface area (Å²) >= 11 is 0. The molecule has 0 N–H and O–H groups in total. The summed E-state index contributed by atoms with van der Waals surface area (Å²) in [6.07, 6.45) is 0. The second-order valence-electron chi connectivity index (χ2n) is 5.15. The summed E-state index contributed by atoms with van der Waals surface area (Å²) < 4.78 is 25.1. The fourth-order valence-electron chi connectivity index (χ4n) is 2.19. The lowest BCUT2D eigenvalue weighted by molar-refractivity contribution is 0.0910. The van der Waals surface area contributed by atoms with Gasteiger partial charge in [0.25, 0.3) is 0 Å². The van der Waals surface area contributed by atoms with Crippen molar-refractivity contribution in [2.24, 2.45) is 0 Å². The van der Waals surface area contributed by atoms with Gasteiger partial charge in [-0.1, -0.05) is 0 Å². The molecule has 0 fully saturated rings. The summed E-state index contributed by atoms with van der Waals surface area (Å²) in [6.45, 7) is 3.77. The molecule has 0 spiro atoms. The molecular formula is C17H15FN2O3. The molecule has 6 heteroatoms. The molecule has 3 aromatic rings. The number of aryl methyl sites for hydroxylation is 2. The number of aromatic nitrogens is 2. The van der Waals surface area contributed by atoms with Crippen LogP contribution < -0.4 is 4.74 Å². The highest BCUT2D eigenvalue weighted by Crippen LogP contribution is 2.16. The molecular weight excluding hydrogens is 299 g/mol. The minimum Gasteiger partial charge on any atom is -0.486 e. The number of hydrogen-bond donors (Lipinski definition) is 0. The van der Waals surface area contributed by atoms with Crippen LogP contribution in [-0.2, 0) is 6.61 Å². The molecule has 0 radical (unpaired) electrons. The Morgan fingerprint density at radius 2 is 1.96 bits per heavy atom. The van der Waals surface area contributed by atoms with E-state index in [4.69, 9.17) is 9.15 Å². The molecule has 0 unspecified atom stereocenters. The second-order valence-corrected chi connectivity index (χ2v) is 5.15. The van der Waals surface area contributed by atoms with Gasteiger partial charge in [-0.05, 0) is 56.3 Å². The van der Waals surface area contributed by atoms with Gasteiger partial charge in [-0.3, -0.25) is 4.79 Å². The molecule has 2 aromatic heterocycles. The molecule has 0 bridgehead atoms. The molecule has 1 aromatic carbocycles. The number of rotatable bonds is 4. The number of halogens is 1. The number of carbonyl (C=O) groups excluding carboxylic acids is 1. The van der Waals surface area contributed by atoms with Gasteiger partial charge in [0.2, 0.25) is 0 Å². The zero-order valence-electron chi connectivity index (χ0n) is 12.7. The molecule has 5 nitrogen and oxygen atoms in total. The number of carbonyl (C=O) groups is 1. The highest BCUT2D eigenvalue weighted by molar-refractivity contribution is 5.93. The summed E-state index contributed by atoms with van der Waals surface area (Å²) in [7, 11) is 0. The predicted molar refractivity (Wildman–Crippen MR) is 80.9 cm³/mol. The van der Waals surface area contributed by atoms with Crippen molar-refractivity contribution in [3.05, 3.63) is 71.2 Å². The number of benzene rings is 1. The Labute approximate surface area is 132 Å². The Morgan fingerprint density at radius 3 is 2.61 bits per heavy atom. The molecule has 0 aliphatic heterocycles. The van der Waals surface area contributed by atoms with Gasteiger partial charge in [-0.25, -0.2) is 4.39 Å². The normalized spacial score (nSPS) is 10.7. The van der Waals surface area contributed by atoms with Gasteiger partial charge in [0.15, 0.2) is 5.76 Å². The van der Waals surface area contributed by atoms with Crippen molar-refractivity contribution in [3.8, 4) is 5.75 Å². The molecule has 23 heavy (non-hydrogen) atoms. The summed E-state index contributed by atoms with van der Waals surface area (Å²) in [5.41, 5.74) is 1.51. The highest BCUT2D eigenvalue weighted by atomic mass is 19.1. The smallest absolute Gasteiger partial charge is 0.314 e. The zero-order chi connectivity index (χ0) is 16.4.